The third-order valence-electron chi connectivity index (χ3n) is 3.56. The van der Waals surface area contributed by atoms with Crippen LogP contribution in [0.5, 0.6) is 0 Å². The molecule has 96 valence electrons. The normalized spacial score (nSPS) is 10.4. The molecule has 0 aliphatic heterocycles. The summed E-state index contributed by atoms with van der Waals surface area (Å²) in [6, 6.07) is 20.8. The van der Waals surface area contributed by atoms with E-state index in [0.717, 1.165) is 37.5 Å². The predicted molar refractivity (Wildman–Crippen MR) is 86.5 cm³/mol. The lowest BCUT2D eigenvalue weighted by Gasteiger charge is -2.11. The fraction of sp³-hybridized carbons (Fsp3) is 0.0556. The van der Waals surface area contributed by atoms with Crippen molar-refractivity contribution in [3.63, 3.8) is 0 Å². The molecule has 0 atom stereocenters. The first kappa shape index (κ1) is 12.9. The van der Waals surface area contributed by atoms with Gasteiger partial charge in [-0.1, -0.05) is 52.3 Å². The van der Waals surface area contributed by atoms with E-state index in [1.54, 1.807) is 0 Å². The Labute approximate surface area is 126 Å². The second kappa shape index (κ2) is 5.11. The summed E-state index contributed by atoms with van der Waals surface area (Å²) in [6.07, 6.45) is 0. The minimum absolute atomic E-state index is 0.752. The van der Waals surface area contributed by atoms with Crippen molar-refractivity contribution in [2.24, 2.45) is 0 Å². The highest BCUT2D eigenvalue weighted by Gasteiger charge is 2.11. The van der Waals surface area contributed by atoms with Crippen LogP contribution < -0.4 is 0 Å². The fourth-order valence-corrected chi connectivity index (χ4v) is 2.89. The number of hydrogen-bond donors (Lipinski definition) is 0. The summed E-state index contributed by atoms with van der Waals surface area (Å²) in [5, 5.41) is 11.6. The molecule has 0 aliphatic rings. The molecule has 0 heterocycles. The minimum Gasteiger partial charge on any atom is -0.192 e. The lowest BCUT2D eigenvalue weighted by Crippen LogP contribution is -1.91. The van der Waals surface area contributed by atoms with E-state index in [4.69, 9.17) is 0 Å². The number of benzene rings is 3. The van der Waals surface area contributed by atoms with Crippen molar-refractivity contribution in [3.05, 3.63) is 70.2 Å². The zero-order valence-electron chi connectivity index (χ0n) is 11.0. The second-order valence-electron chi connectivity index (χ2n) is 4.77. The van der Waals surface area contributed by atoms with Crippen molar-refractivity contribution in [1.29, 1.82) is 5.26 Å². The molecule has 3 aromatic carbocycles. The van der Waals surface area contributed by atoms with Gasteiger partial charge in [-0.2, -0.15) is 5.26 Å². The number of nitriles is 1. The van der Waals surface area contributed by atoms with E-state index in [0.29, 0.717) is 0 Å². The van der Waals surface area contributed by atoms with Crippen LogP contribution in [0.15, 0.2) is 59.1 Å². The van der Waals surface area contributed by atoms with E-state index in [1.165, 1.54) is 0 Å². The van der Waals surface area contributed by atoms with Crippen molar-refractivity contribution in [3.8, 4) is 17.2 Å². The first-order valence-electron chi connectivity index (χ1n) is 6.39. The van der Waals surface area contributed by atoms with Crippen molar-refractivity contribution in [2.45, 2.75) is 6.92 Å². The van der Waals surface area contributed by atoms with E-state index in [2.05, 4.69) is 40.2 Å². The minimum atomic E-state index is 0.752. The average Bonchev–Trinajstić information content (AvgIpc) is 2.48. The summed E-state index contributed by atoms with van der Waals surface area (Å²) in [5.74, 6) is 0. The largest absolute Gasteiger partial charge is 0.192 e. The van der Waals surface area contributed by atoms with Gasteiger partial charge in [0.1, 0.15) is 6.07 Å². The lowest BCUT2D eigenvalue weighted by atomic mass is 9.92. The van der Waals surface area contributed by atoms with Crippen molar-refractivity contribution in [2.75, 3.05) is 0 Å². The Hall–Kier alpha value is -2.11. The molecule has 0 unspecified atom stereocenters. The molecule has 0 fully saturated rings. The average molecular weight is 322 g/mol. The Morgan fingerprint density at radius 2 is 1.75 bits per heavy atom. The van der Waals surface area contributed by atoms with E-state index >= 15 is 0 Å². The molecule has 1 nitrogen and oxygen atoms in total. The highest BCUT2D eigenvalue weighted by molar-refractivity contribution is 9.10. The molecule has 0 aromatic heterocycles. The maximum atomic E-state index is 9.51. The number of hydrogen-bond acceptors (Lipinski definition) is 1. The molecule has 0 bridgehead atoms. The quantitative estimate of drug-likeness (QED) is 0.584. The van der Waals surface area contributed by atoms with Crippen molar-refractivity contribution in [1.82, 2.24) is 0 Å². The Morgan fingerprint density at radius 3 is 2.45 bits per heavy atom. The van der Waals surface area contributed by atoms with E-state index in [9.17, 15) is 5.26 Å². The van der Waals surface area contributed by atoms with Gasteiger partial charge in [-0.05, 0) is 47.2 Å². The van der Waals surface area contributed by atoms with Gasteiger partial charge in [0.2, 0.25) is 0 Å². The number of nitrogens with zero attached hydrogens (tertiary/aromatic N) is 1. The summed E-state index contributed by atoms with van der Waals surface area (Å²) >= 11 is 3.47. The molecular formula is C18H12BrN. The Balaban J connectivity index is 2.39. The van der Waals surface area contributed by atoms with Gasteiger partial charge in [0, 0.05) is 9.86 Å². The first-order chi connectivity index (χ1) is 9.70. The lowest BCUT2D eigenvalue weighted by molar-refractivity contribution is 1.41. The smallest absolute Gasteiger partial charge is 0.100 e. The molecule has 2 heteroatoms. The van der Waals surface area contributed by atoms with Crippen LogP contribution in [0.25, 0.3) is 21.9 Å². The fourth-order valence-electron chi connectivity index (χ4n) is 2.53. The SMILES string of the molecule is Cc1c(-c2ccccc2)cc2ccc(Br)cc2c1C#N. The van der Waals surface area contributed by atoms with Gasteiger partial charge in [-0.3, -0.25) is 0 Å². The molecular weight excluding hydrogens is 310 g/mol. The van der Waals surface area contributed by atoms with Crippen LogP contribution in [0.1, 0.15) is 11.1 Å². The van der Waals surface area contributed by atoms with Crippen LogP contribution in [0.2, 0.25) is 0 Å². The first-order valence-corrected chi connectivity index (χ1v) is 7.18. The van der Waals surface area contributed by atoms with Crippen molar-refractivity contribution < 1.29 is 0 Å². The van der Waals surface area contributed by atoms with Crippen LogP contribution in [0.4, 0.5) is 0 Å². The highest BCUT2D eigenvalue weighted by Crippen LogP contribution is 2.33. The van der Waals surface area contributed by atoms with Gasteiger partial charge in [0.25, 0.3) is 0 Å². The van der Waals surface area contributed by atoms with Crippen LogP contribution in [0, 0.1) is 18.3 Å². The monoisotopic (exact) mass is 321 g/mol. The highest BCUT2D eigenvalue weighted by atomic mass is 79.9. The number of rotatable bonds is 1. The number of fused-ring (bicyclic) bond motifs is 1. The Kier molecular flexibility index (Phi) is 3.30. The summed E-state index contributed by atoms with van der Waals surface area (Å²) < 4.78 is 0.994. The Morgan fingerprint density at radius 1 is 1.00 bits per heavy atom. The summed E-state index contributed by atoms with van der Waals surface area (Å²) in [6.45, 7) is 2.02. The number of halogens is 1. The topological polar surface area (TPSA) is 23.8 Å². The third kappa shape index (κ3) is 2.11. The van der Waals surface area contributed by atoms with E-state index in [-0.39, 0.29) is 0 Å². The Bertz CT molecular complexity index is 829. The summed E-state index contributed by atoms with van der Waals surface area (Å²) in [7, 11) is 0. The zero-order chi connectivity index (χ0) is 14.1. The third-order valence-corrected chi connectivity index (χ3v) is 4.05. The molecule has 0 radical (unpaired) electrons. The van der Waals surface area contributed by atoms with Gasteiger partial charge < -0.3 is 0 Å². The van der Waals surface area contributed by atoms with Gasteiger partial charge in [-0.25, -0.2) is 0 Å². The van der Waals surface area contributed by atoms with Crippen LogP contribution >= 0.6 is 15.9 Å². The molecule has 0 N–H and O–H groups in total. The molecule has 0 spiro atoms. The molecule has 0 amide bonds. The van der Waals surface area contributed by atoms with E-state index < -0.39 is 0 Å². The second-order valence-corrected chi connectivity index (χ2v) is 5.68. The summed E-state index contributed by atoms with van der Waals surface area (Å²) in [4.78, 5) is 0. The maximum absolute atomic E-state index is 9.51. The van der Waals surface area contributed by atoms with Crippen LogP contribution in [-0.4, -0.2) is 0 Å². The van der Waals surface area contributed by atoms with Crippen molar-refractivity contribution >= 4 is 26.7 Å². The zero-order valence-corrected chi connectivity index (χ0v) is 12.6. The van der Waals surface area contributed by atoms with Gasteiger partial charge in [0.05, 0.1) is 5.56 Å². The molecule has 0 aliphatic carbocycles. The molecule has 3 aromatic rings. The van der Waals surface area contributed by atoms with E-state index in [1.807, 2.05) is 43.3 Å². The molecule has 3 rings (SSSR count). The molecule has 0 saturated heterocycles. The van der Waals surface area contributed by atoms with Crippen LogP contribution in [-0.2, 0) is 0 Å². The molecule has 0 saturated carbocycles. The van der Waals surface area contributed by atoms with Gasteiger partial charge >= 0.3 is 0 Å². The molecule has 20 heavy (non-hydrogen) atoms. The standard InChI is InChI=1S/C18H12BrN/c1-12-16(13-5-3-2-4-6-13)9-14-7-8-15(19)10-17(14)18(12)11-20/h2-10H,1H3. The van der Waals surface area contributed by atoms with Gasteiger partial charge in [-0.15, -0.1) is 0 Å². The summed E-state index contributed by atoms with van der Waals surface area (Å²) in [5.41, 5.74) is 4.05. The van der Waals surface area contributed by atoms with Crippen LogP contribution in [0.3, 0.4) is 0 Å². The predicted octanol–water partition coefficient (Wildman–Crippen LogP) is 5.45. The van der Waals surface area contributed by atoms with Gasteiger partial charge in [0.15, 0.2) is 0 Å². The maximum Gasteiger partial charge on any atom is 0.100 e.